The Morgan fingerprint density at radius 1 is 0.340 bits per heavy atom. The Kier molecular flexibility index (Phi) is 7.31. The summed E-state index contributed by atoms with van der Waals surface area (Å²) in [6.45, 7) is 0. The van der Waals surface area contributed by atoms with E-state index in [1.54, 1.807) is 0 Å². The molecule has 0 unspecified atom stereocenters. The molecule has 0 spiro atoms. The number of nitrogens with zero attached hydrogens (tertiary/aromatic N) is 1. The van der Waals surface area contributed by atoms with Gasteiger partial charge in [-0.15, -0.1) is 0 Å². The summed E-state index contributed by atoms with van der Waals surface area (Å²) in [5.74, 6) is 0. The third kappa shape index (κ3) is 5.31. The van der Waals surface area contributed by atoms with E-state index in [1.165, 1.54) is 51.6 Å². The topological polar surface area (TPSA) is 15.3 Å². The maximum Gasteiger partial charge on any atom is 0.0532 e. The Morgan fingerprint density at radius 2 is 0.830 bits per heavy atom. The molecule has 7 aromatic carbocycles. The van der Waals surface area contributed by atoms with Gasteiger partial charge >= 0.3 is 0 Å². The van der Waals surface area contributed by atoms with Crippen LogP contribution < -0.4 is 10.2 Å². The highest BCUT2D eigenvalue weighted by Gasteiger charge is 2.22. The van der Waals surface area contributed by atoms with Crippen molar-refractivity contribution in [3.8, 4) is 22.3 Å². The SMILES string of the molecule is c1ccc(N(c2ccc(-c3cccc4c3Sc3ccccc3N4)cc2)c2ccc(-c3cccc4c3Sc3ccccc3S4)cc2)cc1. The summed E-state index contributed by atoms with van der Waals surface area (Å²) in [6.07, 6.45) is 0. The summed E-state index contributed by atoms with van der Waals surface area (Å²) in [6, 6.07) is 59.0. The fraction of sp³-hybridized carbons (Fsp3) is 0. The van der Waals surface area contributed by atoms with Crippen molar-refractivity contribution in [3.63, 3.8) is 0 Å². The quantitative estimate of drug-likeness (QED) is 0.198. The fourth-order valence-corrected chi connectivity index (χ4v) is 9.79. The number of anilines is 5. The number of fused-ring (bicyclic) bond motifs is 4. The first-order chi connectivity index (χ1) is 23.3. The van der Waals surface area contributed by atoms with E-state index in [-0.39, 0.29) is 0 Å². The molecule has 0 bridgehead atoms. The van der Waals surface area contributed by atoms with E-state index in [1.807, 2.05) is 35.3 Å². The molecule has 0 aromatic heterocycles. The highest BCUT2D eigenvalue weighted by molar-refractivity contribution is 8.05. The third-order valence-corrected chi connectivity index (χ3v) is 12.4. The Morgan fingerprint density at radius 3 is 1.53 bits per heavy atom. The Bertz CT molecular complexity index is 2100. The molecule has 0 fully saturated rings. The zero-order chi connectivity index (χ0) is 31.2. The largest absolute Gasteiger partial charge is 0.354 e. The van der Waals surface area contributed by atoms with E-state index < -0.39 is 0 Å². The van der Waals surface area contributed by atoms with Gasteiger partial charge in [-0.25, -0.2) is 0 Å². The van der Waals surface area contributed by atoms with Gasteiger partial charge in [0.2, 0.25) is 0 Å². The van der Waals surface area contributed by atoms with Crippen LogP contribution in [-0.2, 0) is 0 Å². The van der Waals surface area contributed by atoms with Gasteiger partial charge in [-0.05, 0) is 95.1 Å². The number of hydrogen-bond acceptors (Lipinski definition) is 5. The van der Waals surface area contributed by atoms with E-state index >= 15 is 0 Å². The maximum absolute atomic E-state index is 3.63. The molecule has 0 amide bonds. The summed E-state index contributed by atoms with van der Waals surface area (Å²) < 4.78 is 0. The minimum absolute atomic E-state index is 1.12. The van der Waals surface area contributed by atoms with E-state index in [9.17, 15) is 0 Å². The van der Waals surface area contributed by atoms with Gasteiger partial charge in [0.15, 0.2) is 0 Å². The molecule has 2 aliphatic heterocycles. The molecule has 0 saturated heterocycles. The lowest BCUT2D eigenvalue weighted by Gasteiger charge is -2.26. The molecule has 0 aliphatic carbocycles. The zero-order valence-corrected chi connectivity index (χ0v) is 27.7. The predicted molar refractivity (Wildman–Crippen MR) is 201 cm³/mol. The summed E-state index contributed by atoms with van der Waals surface area (Å²) in [5.41, 5.74) is 10.6. The standard InChI is InChI=1S/C42H28N2S3/c1-2-10-30(11-3-1)44(31-24-20-28(21-25-31)33-12-8-15-36-41(33)46-37-16-5-4-14-35(37)43-36)32-26-22-29(23-27-32)34-13-9-19-40-42(34)47-39-18-7-6-17-38(39)45-40/h1-27,43H. The van der Waals surface area contributed by atoms with E-state index in [0.29, 0.717) is 0 Å². The van der Waals surface area contributed by atoms with Crippen LogP contribution in [0, 0.1) is 0 Å². The van der Waals surface area contributed by atoms with E-state index in [4.69, 9.17) is 0 Å². The van der Waals surface area contributed by atoms with Crippen LogP contribution in [0.1, 0.15) is 0 Å². The molecular weight excluding hydrogens is 629 g/mol. The number of para-hydroxylation sites is 2. The smallest absolute Gasteiger partial charge is 0.0532 e. The van der Waals surface area contributed by atoms with Crippen molar-refractivity contribution in [3.05, 3.63) is 164 Å². The van der Waals surface area contributed by atoms with E-state index in [0.717, 1.165) is 28.4 Å². The molecule has 0 atom stereocenters. The van der Waals surface area contributed by atoms with Gasteiger partial charge in [0, 0.05) is 46.4 Å². The number of benzene rings is 7. The lowest BCUT2D eigenvalue weighted by molar-refractivity contribution is 1.16. The second kappa shape index (κ2) is 12.1. The maximum atomic E-state index is 3.63. The second-order valence-electron chi connectivity index (χ2n) is 11.5. The van der Waals surface area contributed by atoms with Gasteiger partial charge in [0.05, 0.1) is 11.4 Å². The molecule has 2 heterocycles. The van der Waals surface area contributed by atoms with Crippen LogP contribution in [0.15, 0.2) is 193 Å². The van der Waals surface area contributed by atoms with Crippen molar-refractivity contribution in [2.75, 3.05) is 10.2 Å². The summed E-state index contributed by atoms with van der Waals surface area (Å²) >= 11 is 5.58. The van der Waals surface area contributed by atoms with Gasteiger partial charge in [-0.3, -0.25) is 0 Å². The first kappa shape index (κ1) is 28.4. The van der Waals surface area contributed by atoms with Crippen LogP contribution in [0.5, 0.6) is 0 Å². The van der Waals surface area contributed by atoms with Gasteiger partial charge in [-0.1, -0.05) is 126 Å². The molecular formula is C42H28N2S3. The lowest BCUT2D eigenvalue weighted by Crippen LogP contribution is -2.09. The summed E-state index contributed by atoms with van der Waals surface area (Å²) in [5, 5.41) is 3.63. The van der Waals surface area contributed by atoms with Crippen LogP contribution in [0.25, 0.3) is 22.3 Å². The molecule has 2 nitrogen and oxygen atoms in total. The molecule has 0 saturated carbocycles. The van der Waals surface area contributed by atoms with Crippen molar-refractivity contribution in [1.82, 2.24) is 0 Å². The lowest BCUT2D eigenvalue weighted by atomic mass is 10.0. The first-order valence-electron chi connectivity index (χ1n) is 15.6. The van der Waals surface area contributed by atoms with Crippen LogP contribution in [0.3, 0.4) is 0 Å². The fourth-order valence-electron chi connectivity index (χ4n) is 6.27. The van der Waals surface area contributed by atoms with Crippen molar-refractivity contribution in [1.29, 1.82) is 0 Å². The molecule has 0 radical (unpaired) electrons. The molecule has 1 N–H and O–H groups in total. The average Bonchev–Trinajstić information content (AvgIpc) is 3.14. The van der Waals surface area contributed by atoms with Gasteiger partial charge in [0.1, 0.15) is 0 Å². The number of rotatable bonds is 5. The van der Waals surface area contributed by atoms with Gasteiger partial charge in [-0.2, -0.15) is 0 Å². The van der Waals surface area contributed by atoms with E-state index in [2.05, 4.69) is 174 Å². The minimum atomic E-state index is 1.12. The van der Waals surface area contributed by atoms with Crippen LogP contribution >= 0.6 is 35.3 Å². The van der Waals surface area contributed by atoms with Crippen LogP contribution in [0.4, 0.5) is 28.4 Å². The second-order valence-corrected chi connectivity index (χ2v) is 14.6. The summed E-state index contributed by atoms with van der Waals surface area (Å²) in [7, 11) is 0. The summed E-state index contributed by atoms with van der Waals surface area (Å²) in [4.78, 5) is 10.2. The monoisotopic (exact) mass is 656 g/mol. The highest BCUT2D eigenvalue weighted by atomic mass is 32.2. The van der Waals surface area contributed by atoms with Crippen LogP contribution in [0.2, 0.25) is 0 Å². The molecule has 5 heteroatoms. The average molecular weight is 657 g/mol. The molecule has 7 aromatic rings. The highest BCUT2D eigenvalue weighted by Crippen LogP contribution is 2.52. The molecule has 47 heavy (non-hydrogen) atoms. The normalized spacial score (nSPS) is 12.6. The van der Waals surface area contributed by atoms with Crippen LogP contribution in [-0.4, -0.2) is 0 Å². The zero-order valence-electron chi connectivity index (χ0n) is 25.3. The van der Waals surface area contributed by atoms with Crippen molar-refractivity contribution in [2.45, 2.75) is 29.4 Å². The van der Waals surface area contributed by atoms with Gasteiger partial charge in [0.25, 0.3) is 0 Å². The van der Waals surface area contributed by atoms with Crippen molar-refractivity contribution in [2.24, 2.45) is 0 Å². The predicted octanol–water partition coefficient (Wildman–Crippen LogP) is 13.3. The number of hydrogen-bond donors (Lipinski definition) is 1. The first-order valence-corrected chi connectivity index (χ1v) is 18.0. The molecule has 224 valence electrons. The Hall–Kier alpha value is -4.81. The van der Waals surface area contributed by atoms with Crippen molar-refractivity contribution < 1.29 is 0 Å². The van der Waals surface area contributed by atoms with Crippen molar-refractivity contribution >= 4 is 63.7 Å². The minimum Gasteiger partial charge on any atom is -0.354 e. The molecule has 2 aliphatic rings. The third-order valence-electron chi connectivity index (χ3n) is 8.53. The van der Waals surface area contributed by atoms with Gasteiger partial charge < -0.3 is 10.2 Å². The number of nitrogens with one attached hydrogen (secondary N) is 1. The molecule has 9 rings (SSSR count). The Labute approximate surface area is 287 Å². The Balaban J connectivity index is 1.05.